The molecule has 2 amide bonds. The molecule has 2 aliphatic rings. The van der Waals surface area contributed by atoms with Gasteiger partial charge in [-0.15, -0.1) is 10.2 Å². The molecule has 0 aromatic carbocycles. The van der Waals surface area contributed by atoms with Crippen LogP contribution in [-0.2, 0) is 4.79 Å². The van der Waals surface area contributed by atoms with Crippen molar-refractivity contribution in [2.75, 3.05) is 44.2 Å². The summed E-state index contributed by atoms with van der Waals surface area (Å²) in [7, 11) is 0. The predicted molar refractivity (Wildman–Crippen MR) is 86.3 cm³/mol. The van der Waals surface area contributed by atoms with Gasteiger partial charge in [0.15, 0.2) is 11.5 Å². The Morgan fingerprint density at radius 2 is 1.52 bits per heavy atom. The van der Waals surface area contributed by atoms with Gasteiger partial charge in [0.25, 0.3) is 5.91 Å². The molecular formula is C16H23N5O2. The van der Waals surface area contributed by atoms with Gasteiger partial charge in [-0.2, -0.15) is 0 Å². The van der Waals surface area contributed by atoms with Gasteiger partial charge < -0.3 is 14.7 Å². The van der Waals surface area contributed by atoms with Crippen LogP contribution in [0.15, 0.2) is 12.1 Å². The van der Waals surface area contributed by atoms with E-state index in [-0.39, 0.29) is 11.8 Å². The summed E-state index contributed by atoms with van der Waals surface area (Å²) in [6, 6.07) is 3.65. The molecule has 0 spiro atoms. The van der Waals surface area contributed by atoms with E-state index >= 15 is 0 Å². The van der Waals surface area contributed by atoms with Crippen LogP contribution in [0.3, 0.4) is 0 Å². The standard InChI is InChI=1S/C16H23N5O2/c1-13(22)19-9-11-21(12-10-19)16(23)14-5-6-15(18-17-14)20-7-3-2-4-8-20/h5-6H,2-4,7-12H2,1H3. The molecule has 124 valence electrons. The van der Waals surface area contributed by atoms with Crippen LogP contribution in [0.1, 0.15) is 36.7 Å². The Morgan fingerprint density at radius 3 is 2.09 bits per heavy atom. The number of anilines is 1. The van der Waals surface area contributed by atoms with Crippen molar-refractivity contribution in [2.45, 2.75) is 26.2 Å². The maximum Gasteiger partial charge on any atom is 0.274 e. The lowest BCUT2D eigenvalue weighted by molar-refractivity contribution is -0.130. The van der Waals surface area contributed by atoms with Crippen LogP contribution in [-0.4, -0.2) is 71.1 Å². The van der Waals surface area contributed by atoms with E-state index in [1.54, 1.807) is 22.8 Å². The highest BCUT2D eigenvalue weighted by molar-refractivity contribution is 5.92. The first-order valence-electron chi connectivity index (χ1n) is 8.28. The minimum Gasteiger partial charge on any atom is -0.355 e. The van der Waals surface area contributed by atoms with Crippen LogP contribution < -0.4 is 4.90 Å². The van der Waals surface area contributed by atoms with Crippen LogP contribution in [0.5, 0.6) is 0 Å². The molecule has 7 heteroatoms. The first-order chi connectivity index (χ1) is 11.1. The lowest BCUT2D eigenvalue weighted by atomic mass is 10.1. The van der Waals surface area contributed by atoms with Crippen molar-refractivity contribution < 1.29 is 9.59 Å². The molecule has 7 nitrogen and oxygen atoms in total. The third-order valence-electron chi connectivity index (χ3n) is 4.56. The topological polar surface area (TPSA) is 69.6 Å². The average Bonchev–Trinajstić information content (AvgIpc) is 2.62. The first-order valence-corrected chi connectivity index (χ1v) is 8.28. The van der Waals surface area contributed by atoms with Gasteiger partial charge in [0.05, 0.1) is 0 Å². The second kappa shape index (κ2) is 6.93. The molecule has 3 heterocycles. The number of carbonyl (C=O) groups excluding carboxylic acids is 2. The maximum atomic E-state index is 12.5. The van der Waals surface area contributed by atoms with Crippen molar-refractivity contribution in [1.82, 2.24) is 20.0 Å². The summed E-state index contributed by atoms with van der Waals surface area (Å²) in [5, 5.41) is 8.35. The minimum atomic E-state index is -0.106. The van der Waals surface area contributed by atoms with E-state index < -0.39 is 0 Å². The summed E-state index contributed by atoms with van der Waals surface area (Å²) in [6.45, 7) is 5.84. The quantitative estimate of drug-likeness (QED) is 0.806. The van der Waals surface area contributed by atoms with Crippen molar-refractivity contribution in [3.63, 3.8) is 0 Å². The highest BCUT2D eigenvalue weighted by Crippen LogP contribution is 2.17. The van der Waals surface area contributed by atoms with Crippen LogP contribution >= 0.6 is 0 Å². The molecule has 0 radical (unpaired) electrons. The van der Waals surface area contributed by atoms with E-state index in [9.17, 15) is 9.59 Å². The van der Waals surface area contributed by atoms with Gasteiger partial charge in [-0.05, 0) is 31.4 Å². The van der Waals surface area contributed by atoms with E-state index in [1.807, 2.05) is 6.07 Å². The van der Waals surface area contributed by atoms with Crippen molar-refractivity contribution in [1.29, 1.82) is 0 Å². The molecular weight excluding hydrogens is 294 g/mol. The van der Waals surface area contributed by atoms with Crippen molar-refractivity contribution in [2.24, 2.45) is 0 Å². The second-order valence-corrected chi connectivity index (χ2v) is 6.12. The number of hydrogen-bond acceptors (Lipinski definition) is 5. The number of carbonyl (C=O) groups is 2. The van der Waals surface area contributed by atoms with Crippen LogP contribution in [0, 0.1) is 0 Å². The van der Waals surface area contributed by atoms with Gasteiger partial charge in [0.1, 0.15) is 0 Å². The first kappa shape index (κ1) is 15.7. The van der Waals surface area contributed by atoms with Crippen LogP contribution in [0.4, 0.5) is 5.82 Å². The van der Waals surface area contributed by atoms with Crippen molar-refractivity contribution in [3.05, 3.63) is 17.8 Å². The minimum absolute atomic E-state index is 0.0581. The molecule has 0 N–H and O–H groups in total. The average molecular weight is 317 g/mol. The predicted octanol–water partition coefficient (Wildman–Crippen LogP) is 0.771. The van der Waals surface area contributed by atoms with Gasteiger partial charge in [0, 0.05) is 46.2 Å². The van der Waals surface area contributed by atoms with E-state index in [2.05, 4.69) is 15.1 Å². The van der Waals surface area contributed by atoms with E-state index in [0.717, 1.165) is 18.9 Å². The van der Waals surface area contributed by atoms with Crippen LogP contribution in [0.25, 0.3) is 0 Å². The Morgan fingerprint density at radius 1 is 0.870 bits per heavy atom. The SMILES string of the molecule is CC(=O)N1CCN(C(=O)c2ccc(N3CCCCC3)nn2)CC1. The number of rotatable bonds is 2. The van der Waals surface area contributed by atoms with Gasteiger partial charge in [-0.1, -0.05) is 0 Å². The molecule has 1 aromatic heterocycles. The Hall–Kier alpha value is -2.18. The Balaban J connectivity index is 1.60. The molecule has 2 saturated heterocycles. The molecule has 0 bridgehead atoms. The maximum absolute atomic E-state index is 12.5. The van der Waals surface area contributed by atoms with E-state index in [4.69, 9.17) is 0 Å². The monoisotopic (exact) mass is 317 g/mol. The second-order valence-electron chi connectivity index (χ2n) is 6.12. The zero-order chi connectivity index (χ0) is 16.2. The third-order valence-corrected chi connectivity index (χ3v) is 4.56. The molecule has 2 fully saturated rings. The molecule has 0 unspecified atom stereocenters. The van der Waals surface area contributed by atoms with Crippen molar-refractivity contribution >= 4 is 17.6 Å². The molecule has 3 rings (SSSR count). The summed E-state index contributed by atoms with van der Waals surface area (Å²) < 4.78 is 0. The smallest absolute Gasteiger partial charge is 0.274 e. The van der Waals surface area contributed by atoms with Gasteiger partial charge in [0.2, 0.25) is 5.91 Å². The summed E-state index contributed by atoms with van der Waals surface area (Å²) in [5.41, 5.74) is 0.377. The zero-order valence-corrected chi connectivity index (χ0v) is 13.6. The van der Waals surface area contributed by atoms with Gasteiger partial charge in [-0.25, -0.2) is 0 Å². The number of piperazine rings is 1. The Labute approximate surface area is 136 Å². The highest BCUT2D eigenvalue weighted by atomic mass is 16.2. The Bertz CT molecular complexity index is 560. The summed E-state index contributed by atoms with van der Waals surface area (Å²) >= 11 is 0. The van der Waals surface area contributed by atoms with E-state index in [1.165, 1.54) is 19.3 Å². The summed E-state index contributed by atoms with van der Waals surface area (Å²) in [6.07, 6.45) is 3.64. The fraction of sp³-hybridized carbons (Fsp3) is 0.625. The van der Waals surface area contributed by atoms with Crippen molar-refractivity contribution in [3.8, 4) is 0 Å². The lowest BCUT2D eigenvalue weighted by Gasteiger charge is -2.34. The van der Waals surface area contributed by atoms with Gasteiger partial charge >= 0.3 is 0 Å². The lowest BCUT2D eigenvalue weighted by Crippen LogP contribution is -2.50. The van der Waals surface area contributed by atoms with Crippen LogP contribution in [0.2, 0.25) is 0 Å². The molecule has 1 aromatic rings. The number of nitrogens with zero attached hydrogens (tertiary/aromatic N) is 5. The Kier molecular flexibility index (Phi) is 4.73. The molecule has 2 aliphatic heterocycles. The highest BCUT2D eigenvalue weighted by Gasteiger charge is 2.24. The number of aromatic nitrogens is 2. The third kappa shape index (κ3) is 3.60. The molecule has 23 heavy (non-hydrogen) atoms. The zero-order valence-electron chi connectivity index (χ0n) is 13.6. The number of amides is 2. The normalized spacial score (nSPS) is 18.9. The summed E-state index contributed by atoms with van der Waals surface area (Å²) in [4.78, 5) is 29.5. The molecule has 0 atom stereocenters. The fourth-order valence-electron chi connectivity index (χ4n) is 3.12. The summed E-state index contributed by atoms with van der Waals surface area (Å²) in [5.74, 6) is 0.802. The van der Waals surface area contributed by atoms with E-state index in [0.29, 0.717) is 31.9 Å². The fourth-order valence-corrected chi connectivity index (χ4v) is 3.12. The number of hydrogen-bond donors (Lipinski definition) is 0. The van der Waals surface area contributed by atoms with Gasteiger partial charge in [-0.3, -0.25) is 9.59 Å². The largest absolute Gasteiger partial charge is 0.355 e. The molecule has 0 aliphatic carbocycles. The molecule has 0 saturated carbocycles. The number of piperidine rings is 1.